The van der Waals surface area contributed by atoms with E-state index in [0.717, 1.165) is 32.8 Å². The van der Waals surface area contributed by atoms with Gasteiger partial charge in [0.2, 0.25) is 0 Å². The molecule has 0 fully saturated rings. The Bertz CT molecular complexity index is 8520. The minimum Gasteiger partial charge on any atom is -0.309 e. The van der Waals surface area contributed by atoms with Crippen LogP contribution in [0.2, 0.25) is 0 Å². The third-order valence-corrected chi connectivity index (χ3v) is 26.7. The van der Waals surface area contributed by atoms with Crippen LogP contribution in [0, 0.1) is 0 Å². The molecule has 0 saturated carbocycles. The molecule has 0 amide bonds. The minimum atomic E-state index is -0.388. The molecule has 0 saturated heterocycles. The number of hydrogen-bond donors (Lipinski definition) is 0. The maximum atomic E-state index is 8.74. The van der Waals surface area contributed by atoms with E-state index >= 15 is 0 Å². The Kier molecular flexibility index (Phi) is 13.0. The lowest BCUT2D eigenvalue weighted by atomic mass is 9.68. The second-order valence-corrected chi connectivity index (χ2v) is 33.7. The van der Waals surface area contributed by atoms with Crippen LogP contribution in [0.25, 0.3) is 202 Å². The lowest BCUT2D eigenvalue weighted by Gasteiger charge is -2.35. The molecule has 0 atom stereocenters. The second-order valence-electron chi connectivity index (χ2n) is 33.7. The summed E-state index contributed by atoms with van der Waals surface area (Å²) in [6, 6.07) is 123. The number of fused-ring (bicyclic) bond motifs is 27. The lowest BCUT2D eigenvalue weighted by Crippen LogP contribution is -2.23. The molecule has 0 unspecified atom stereocenters. The molecule has 3 heterocycles. The van der Waals surface area contributed by atoms with Crippen LogP contribution in [-0.2, 0) is 16.2 Å². The summed E-state index contributed by atoms with van der Waals surface area (Å²) in [7, 11) is 0. The van der Waals surface area contributed by atoms with Crippen molar-refractivity contribution in [3.8, 4) is 50.4 Å². The number of aromatic nitrogens is 3. The first kappa shape index (κ1) is 61.5. The van der Waals surface area contributed by atoms with Gasteiger partial charge in [0.25, 0.3) is 0 Å². The monoisotopic (exact) mass is 1480 g/mol. The highest BCUT2D eigenvalue weighted by Gasteiger charge is 2.39. The van der Waals surface area contributed by atoms with E-state index < -0.39 is 0 Å². The third kappa shape index (κ3) is 9.20. The van der Waals surface area contributed by atoms with Crippen molar-refractivity contribution in [1.82, 2.24) is 13.7 Å². The van der Waals surface area contributed by atoms with Crippen LogP contribution in [-0.4, -0.2) is 13.7 Å². The van der Waals surface area contributed by atoms with Crippen molar-refractivity contribution >= 4 is 152 Å². The van der Waals surface area contributed by atoms with Gasteiger partial charge in [0.15, 0.2) is 0 Å². The zero-order valence-electron chi connectivity index (χ0n) is 70.2. The molecule has 26 rings (SSSR count). The van der Waals surface area contributed by atoms with Gasteiger partial charge in [0, 0.05) is 82.3 Å². The van der Waals surface area contributed by atoms with Crippen LogP contribution in [0.5, 0.6) is 0 Å². The Labute approximate surface area is 679 Å². The fourth-order valence-electron chi connectivity index (χ4n) is 21.6. The van der Waals surface area contributed by atoms with Gasteiger partial charge in [-0.05, 0) is 209 Å². The number of nitrogens with zero attached hydrogens (tertiary/aromatic N) is 3. The van der Waals surface area contributed by atoms with E-state index in [1.165, 1.54) is 197 Å². The molecule has 3 aromatic heterocycles. The van der Waals surface area contributed by atoms with Crippen LogP contribution < -0.4 is 0 Å². The Hall–Kier alpha value is -14.1. The fraction of sp³-hybridized carbons (Fsp3) is 0.0796. The third-order valence-electron chi connectivity index (χ3n) is 26.7. The van der Waals surface area contributed by atoms with Gasteiger partial charge in [-0.1, -0.05) is 339 Å². The zero-order chi connectivity index (χ0) is 81.5. The van der Waals surface area contributed by atoms with Crippen molar-refractivity contribution in [2.45, 2.75) is 57.8 Å². The molecule has 0 spiro atoms. The maximum Gasteiger partial charge on any atom is 0.0645 e. The Morgan fingerprint density at radius 3 is 0.931 bits per heavy atom. The first-order valence-corrected chi connectivity index (χ1v) is 40.6. The van der Waals surface area contributed by atoms with Crippen molar-refractivity contribution in [2.75, 3.05) is 0 Å². The van der Waals surface area contributed by atoms with Crippen LogP contribution >= 0.6 is 0 Å². The molecule has 20 aromatic carbocycles. The molecule has 3 heteroatoms. The van der Waals surface area contributed by atoms with Crippen molar-refractivity contribution in [1.29, 1.82) is 0 Å². The van der Waals surface area contributed by atoms with Gasteiger partial charge in [-0.15, -0.1) is 0 Å². The standard InChI is InChI=1S/C43H29N.C39H27N.C31H23N/c1-43(2)36-19-9-7-17-33(36)42-40-26(12-11-20-37(40)43)24-39-41(42)34-18-8-10-21-38(34)44(39)27-22-23-32-30-15-4-3-13-28(30)29-14-5-6-16-31(29)35(32)25-27;1-39(2)32-15-7-5-13-30(32)38-36-26(11-9-16-33(36)39)23-35-37(38)31-14-6-8-17-34(31)40(35)27-20-21-29-25(22-27)19-18-24-10-3-4-12-28(24)29;1-31(2)24-16-8-6-14-22(24)30-28-20(11-10-17-25(28)31)19-27-29(30)23-15-7-9-18-26(23)32(27)21-12-4-3-5-13-21/h3-25H,1-2H3;3-23H,1-2H3;3-19H,1-2H3/i;;3D,4D,5D,12D,13D. The molecule has 546 valence electrons. The summed E-state index contributed by atoms with van der Waals surface area (Å²) < 4.78 is 49.1. The van der Waals surface area contributed by atoms with Crippen molar-refractivity contribution in [3.05, 3.63) is 403 Å². The average Bonchev–Trinajstić information content (AvgIpc) is 1.60. The smallest absolute Gasteiger partial charge is 0.0645 e. The maximum absolute atomic E-state index is 8.74. The van der Waals surface area contributed by atoms with E-state index in [1.54, 1.807) is 0 Å². The number of hydrogen-bond acceptors (Lipinski definition) is 0. The summed E-state index contributed by atoms with van der Waals surface area (Å²) in [6.45, 7) is 14.0. The SMILES string of the molecule is CC1(C)c2ccccc2-c2c3c1cccc3cc1c2c2ccccc2n1-c1ccc2c(ccc3ccccc32)c1.CC1(C)c2ccccc2-c2c3c1cccc3cc1c2c2ccccc2n1-c1ccc2c3ccccc3c3ccccc3c2c1.[2H]c1c([2H])c([2H])c(-n2c3ccccc3c3c4c5c(cccc5cc32)C(C)(C)c2ccccc2-4)c([2H])c1[2H]. The first-order chi connectivity index (χ1) is 58.9. The first-order valence-electron chi connectivity index (χ1n) is 43.1. The number of benzene rings is 20. The van der Waals surface area contributed by atoms with E-state index in [9.17, 15) is 0 Å². The number of rotatable bonds is 3. The van der Waals surface area contributed by atoms with E-state index in [1.807, 2.05) is 22.8 Å². The molecule has 0 N–H and O–H groups in total. The largest absolute Gasteiger partial charge is 0.309 e. The molecular weight excluding hydrogens is 1400 g/mol. The van der Waals surface area contributed by atoms with Gasteiger partial charge in [-0.2, -0.15) is 0 Å². The molecule has 116 heavy (non-hydrogen) atoms. The van der Waals surface area contributed by atoms with E-state index in [0.29, 0.717) is 0 Å². The van der Waals surface area contributed by atoms with Gasteiger partial charge in [0.1, 0.15) is 0 Å². The summed E-state index contributed by atoms with van der Waals surface area (Å²) in [4.78, 5) is 0. The second kappa shape index (κ2) is 24.5. The van der Waals surface area contributed by atoms with E-state index in [2.05, 4.69) is 372 Å². The molecule has 3 nitrogen and oxygen atoms in total. The normalized spacial score (nSPS) is 14.6. The average molecular weight is 1480 g/mol. The molecule has 0 radical (unpaired) electrons. The Balaban J connectivity index is 0.000000103. The van der Waals surface area contributed by atoms with Gasteiger partial charge < -0.3 is 13.7 Å². The number of para-hydroxylation sites is 4. The molecule has 0 bridgehead atoms. The van der Waals surface area contributed by atoms with E-state index in [-0.39, 0.29) is 52.1 Å². The lowest BCUT2D eigenvalue weighted by molar-refractivity contribution is 0.645. The molecule has 23 aromatic rings. The molecular formula is C113H79N3. The molecule has 0 aliphatic heterocycles. The van der Waals surface area contributed by atoms with Gasteiger partial charge >= 0.3 is 0 Å². The Morgan fingerprint density at radius 1 is 0.198 bits per heavy atom. The van der Waals surface area contributed by atoms with Crippen molar-refractivity contribution in [3.63, 3.8) is 0 Å². The summed E-state index contributed by atoms with van der Waals surface area (Å²) >= 11 is 0. The predicted molar refractivity (Wildman–Crippen MR) is 495 cm³/mol. The van der Waals surface area contributed by atoms with Crippen LogP contribution in [0.4, 0.5) is 0 Å². The quantitative estimate of drug-likeness (QED) is 0.157. The zero-order valence-corrected chi connectivity index (χ0v) is 65.2. The molecule has 3 aliphatic rings. The van der Waals surface area contributed by atoms with E-state index in [4.69, 9.17) is 6.85 Å². The minimum absolute atomic E-state index is 0.0593. The predicted octanol–water partition coefficient (Wildman–Crippen LogP) is 30.5. The van der Waals surface area contributed by atoms with Gasteiger partial charge in [-0.25, -0.2) is 0 Å². The highest BCUT2D eigenvalue weighted by atomic mass is 15.0. The van der Waals surface area contributed by atoms with Crippen LogP contribution in [0.15, 0.2) is 370 Å². The van der Waals surface area contributed by atoms with Gasteiger partial charge in [0.05, 0.1) is 40.0 Å². The highest BCUT2D eigenvalue weighted by molar-refractivity contribution is 6.30. The van der Waals surface area contributed by atoms with Crippen molar-refractivity contribution < 1.29 is 6.85 Å². The molecule has 3 aliphatic carbocycles. The summed E-state index contributed by atoms with van der Waals surface area (Å²) in [6.07, 6.45) is 0. The summed E-state index contributed by atoms with van der Waals surface area (Å²) in [5, 5.41) is 27.9. The topological polar surface area (TPSA) is 14.8 Å². The van der Waals surface area contributed by atoms with Crippen LogP contribution in [0.3, 0.4) is 0 Å². The summed E-state index contributed by atoms with van der Waals surface area (Å²) in [5.41, 5.74) is 24.8. The summed E-state index contributed by atoms with van der Waals surface area (Å²) in [5.74, 6) is 0. The van der Waals surface area contributed by atoms with Gasteiger partial charge in [-0.3, -0.25) is 0 Å². The highest BCUT2D eigenvalue weighted by Crippen LogP contribution is 2.58. The Morgan fingerprint density at radius 2 is 0.500 bits per heavy atom. The fourth-order valence-corrected chi connectivity index (χ4v) is 21.6. The van der Waals surface area contributed by atoms with Crippen LogP contribution in [0.1, 0.15) is 81.8 Å². The van der Waals surface area contributed by atoms with Crippen molar-refractivity contribution in [2.24, 2.45) is 0 Å².